The molecule has 0 spiro atoms. The number of aryl methyl sites for hydroxylation is 1. The molecule has 6 heteroatoms. The Morgan fingerprint density at radius 2 is 1.85 bits per heavy atom. The van der Waals surface area contributed by atoms with Crippen molar-refractivity contribution in [2.75, 3.05) is 27.2 Å². The van der Waals surface area contributed by atoms with Gasteiger partial charge in [0.15, 0.2) is 4.88 Å². The van der Waals surface area contributed by atoms with Crippen LogP contribution in [0.15, 0.2) is 48.5 Å². The van der Waals surface area contributed by atoms with Crippen LogP contribution in [0.25, 0.3) is 10.1 Å². The summed E-state index contributed by atoms with van der Waals surface area (Å²) >= 11 is 8.08. The van der Waals surface area contributed by atoms with E-state index in [2.05, 4.69) is 32.0 Å². The number of benzene rings is 2. The van der Waals surface area contributed by atoms with Gasteiger partial charge in [0, 0.05) is 23.1 Å². The van der Waals surface area contributed by atoms with E-state index in [1.54, 1.807) is 0 Å². The Balaban J connectivity index is 0.00000261. The number of halogens is 2. The van der Waals surface area contributed by atoms with Crippen LogP contribution in [0.1, 0.15) is 21.7 Å². The van der Waals surface area contributed by atoms with Gasteiger partial charge >= 0.3 is 5.91 Å². The van der Waals surface area contributed by atoms with Crippen LogP contribution in [0.3, 0.4) is 0 Å². The summed E-state index contributed by atoms with van der Waals surface area (Å²) in [6.07, 6.45) is 0.935. The maximum atomic E-state index is 13.4. The van der Waals surface area contributed by atoms with E-state index in [-0.39, 0.29) is 18.3 Å². The van der Waals surface area contributed by atoms with E-state index in [0.29, 0.717) is 9.90 Å². The van der Waals surface area contributed by atoms with Crippen molar-refractivity contribution < 1.29 is 22.1 Å². The molecule has 0 aliphatic rings. The third-order valence-corrected chi connectivity index (χ3v) is 6.08. The highest BCUT2D eigenvalue weighted by molar-refractivity contribution is 7.21. The summed E-state index contributed by atoms with van der Waals surface area (Å²) in [6, 6.07) is 16.1. The summed E-state index contributed by atoms with van der Waals surface area (Å²) in [6.45, 7) is 3.74. The Labute approximate surface area is 176 Å². The Morgan fingerprint density at radius 1 is 1.15 bits per heavy atom. The number of fused-ring (bicyclic) bond motifs is 1. The minimum Gasteiger partial charge on any atom is -1.00 e. The fourth-order valence-electron chi connectivity index (χ4n) is 3.06. The first-order chi connectivity index (χ1) is 12.5. The standard InChI is InChI=1S/C21H23ClN2OS.ClH/c1-15-10-11-17-18(14-15)26-20(19(17)22)21(25)24(13-7-12-23(2)3)16-8-5-4-6-9-16;/h4-6,8-11,14H,7,12-13H2,1-3H3;1H. The van der Waals surface area contributed by atoms with Gasteiger partial charge in [-0.25, -0.2) is 9.69 Å². The molecule has 0 saturated carbocycles. The van der Waals surface area contributed by atoms with E-state index >= 15 is 0 Å². The van der Waals surface area contributed by atoms with Crippen molar-refractivity contribution in [2.24, 2.45) is 0 Å². The number of carbonyl (C=O) groups is 1. The van der Waals surface area contributed by atoms with Crippen LogP contribution in [-0.2, 0) is 0 Å². The average molecular weight is 423 g/mol. The molecule has 0 radical (unpaired) electrons. The maximum Gasteiger partial charge on any atom is 0.360 e. The van der Waals surface area contributed by atoms with Gasteiger partial charge in [0.1, 0.15) is 5.69 Å². The number of amides is 1. The SMILES string of the molecule is Cc1ccc2c(Cl)c(C(=O)[NH+](CCCN(C)C)c3ccccc3)sc2c1.[Cl-]. The van der Waals surface area contributed by atoms with E-state index in [0.717, 1.165) is 40.2 Å². The summed E-state index contributed by atoms with van der Waals surface area (Å²) in [5, 5.41) is 1.54. The highest BCUT2D eigenvalue weighted by Crippen LogP contribution is 2.35. The first kappa shape index (κ1) is 21.9. The smallest absolute Gasteiger partial charge is 0.360 e. The van der Waals surface area contributed by atoms with Crippen LogP contribution < -0.4 is 17.3 Å². The number of thiophene rings is 1. The van der Waals surface area contributed by atoms with Gasteiger partial charge < -0.3 is 17.3 Å². The molecular weight excluding hydrogens is 399 g/mol. The Hall–Kier alpha value is -1.43. The normalized spacial score (nSPS) is 12.2. The van der Waals surface area contributed by atoms with Crippen molar-refractivity contribution in [3.8, 4) is 0 Å². The van der Waals surface area contributed by atoms with Gasteiger partial charge in [-0.1, -0.05) is 41.9 Å². The zero-order chi connectivity index (χ0) is 18.7. The van der Waals surface area contributed by atoms with E-state index in [9.17, 15) is 4.79 Å². The minimum absolute atomic E-state index is 0. The van der Waals surface area contributed by atoms with Crippen molar-refractivity contribution >= 4 is 44.6 Å². The number of rotatable bonds is 6. The molecule has 1 unspecified atom stereocenters. The predicted octanol–water partition coefficient (Wildman–Crippen LogP) is 1.18. The zero-order valence-corrected chi connectivity index (χ0v) is 18.1. The Morgan fingerprint density at radius 3 is 2.52 bits per heavy atom. The number of nitrogens with zero attached hydrogens (tertiary/aromatic N) is 1. The third kappa shape index (κ3) is 5.09. The summed E-state index contributed by atoms with van der Waals surface area (Å²) in [7, 11) is 4.10. The molecule has 0 saturated heterocycles. The van der Waals surface area contributed by atoms with Crippen LogP contribution in [0.5, 0.6) is 0 Å². The largest absolute Gasteiger partial charge is 1.00 e. The number of carbonyl (C=O) groups excluding carboxylic acids is 1. The zero-order valence-electron chi connectivity index (χ0n) is 15.8. The molecule has 144 valence electrons. The maximum absolute atomic E-state index is 13.4. The second-order valence-electron chi connectivity index (χ2n) is 6.83. The van der Waals surface area contributed by atoms with Crippen molar-refractivity contribution in [3.05, 3.63) is 64.0 Å². The molecule has 0 aliphatic heterocycles. The first-order valence-corrected chi connectivity index (χ1v) is 9.96. The second-order valence-corrected chi connectivity index (χ2v) is 8.26. The quantitative estimate of drug-likeness (QED) is 0.644. The molecule has 1 atom stereocenters. The summed E-state index contributed by atoms with van der Waals surface area (Å²) in [5.74, 6) is 0.0545. The van der Waals surface area contributed by atoms with Crippen LogP contribution >= 0.6 is 22.9 Å². The monoisotopic (exact) mass is 422 g/mol. The molecule has 1 heterocycles. The molecule has 3 nitrogen and oxygen atoms in total. The minimum atomic E-state index is 0. The Bertz CT molecular complexity index is 909. The number of hydrogen-bond acceptors (Lipinski definition) is 3. The first-order valence-electron chi connectivity index (χ1n) is 8.76. The highest BCUT2D eigenvalue weighted by atomic mass is 35.5. The number of quaternary nitrogens is 1. The molecular formula is C21H24Cl2N2OS. The summed E-state index contributed by atoms with van der Waals surface area (Å²) in [5.41, 5.74) is 2.16. The molecule has 0 fully saturated rings. The van der Waals surface area contributed by atoms with Crippen molar-refractivity contribution in [1.29, 1.82) is 0 Å². The van der Waals surface area contributed by atoms with E-state index in [1.165, 1.54) is 16.9 Å². The lowest BCUT2D eigenvalue weighted by Crippen LogP contribution is -3.10. The molecule has 3 rings (SSSR count). The van der Waals surface area contributed by atoms with Gasteiger partial charge in [-0.05, 0) is 44.8 Å². The van der Waals surface area contributed by atoms with Gasteiger partial charge in [-0.2, -0.15) is 0 Å². The lowest BCUT2D eigenvalue weighted by atomic mass is 10.2. The number of para-hydroxylation sites is 1. The van der Waals surface area contributed by atoms with Crippen LogP contribution in [0.2, 0.25) is 5.02 Å². The van der Waals surface area contributed by atoms with Gasteiger partial charge in [-0.3, -0.25) is 0 Å². The lowest BCUT2D eigenvalue weighted by Gasteiger charge is -2.17. The summed E-state index contributed by atoms with van der Waals surface area (Å²) in [4.78, 5) is 17.0. The number of hydrogen-bond donors (Lipinski definition) is 1. The van der Waals surface area contributed by atoms with Gasteiger partial charge in [0.05, 0.1) is 11.6 Å². The predicted molar refractivity (Wildman–Crippen MR) is 111 cm³/mol. The van der Waals surface area contributed by atoms with E-state index in [1.807, 2.05) is 42.5 Å². The van der Waals surface area contributed by atoms with Crippen molar-refractivity contribution in [1.82, 2.24) is 4.90 Å². The summed E-state index contributed by atoms with van der Waals surface area (Å²) < 4.78 is 1.07. The fourth-order valence-corrected chi connectivity index (χ4v) is 4.64. The van der Waals surface area contributed by atoms with Gasteiger partial charge in [0.25, 0.3) is 0 Å². The average Bonchev–Trinajstić information content (AvgIpc) is 2.94. The van der Waals surface area contributed by atoms with Crippen molar-refractivity contribution in [2.45, 2.75) is 13.3 Å². The fraction of sp³-hybridized carbons (Fsp3) is 0.286. The van der Waals surface area contributed by atoms with Crippen LogP contribution in [-0.4, -0.2) is 38.0 Å². The molecule has 1 aromatic heterocycles. The van der Waals surface area contributed by atoms with Gasteiger partial charge in [0.2, 0.25) is 0 Å². The molecule has 2 aromatic carbocycles. The van der Waals surface area contributed by atoms with Gasteiger partial charge in [-0.15, -0.1) is 11.3 Å². The molecule has 0 bridgehead atoms. The number of nitrogens with one attached hydrogen (secondary N) is 1. The third-order valence-electron chi connectivity index (χ3n) is 4.42. The highest BCUT2D eigenvalue weighted by Gasteiger charge is 2.28. The molecule has 1 N–H and O–H groups in total. The van der Waals surface area contributed by atoms with Crippen LogP contribution in [0, 0.1) is 6.92 Å². The van der Waals surface area contributed by atoms with E-state index in [4.69, 9.17) is 11.6 Å². The van der Waals surface area contributed by atoms with Crippen molar-refractivity contribution in [3.63, 3.8) is 0 Å². The molecule has 1 amide bonds. The Kier molecular flexibility index (Phi) is 7.83. The molecule has 0 aliphatic carbocycles. The lowest BCUT2D eigenvalue weighted by molar-refractivity contribution is -0.741. The van der Waals surface area contributed by atoms with E-state index < -0.39 is 0 Å². The topological polar surface area (TPSA) is 24.8 Å². The molecule has 3 aromatic rings. The second kappa shape index (κ2) is 9.67. The molecule has 27 heavy (non-hydrogen) atoms. The van der Waals surface area contributed by atoms with Crippen LogP contribution in [0.4, 0.5) is 5.69 Å².